The highest BCUT2D eigenvalue weighted by atomic mass is 16.1. The van der Waals surface area contributed by atoms with E-state index in [1.54, 1.807) is 0 Å². The lowest BCUT2D eigenvalue weighted by atomic mass is 9.77. The number of fused-ring (bicyclic) bond motifs is 1. The molecular weight excluding hydrogens is 248 g/mol. The molecule has 2 aromatic carbocycles. The highest BCUT2D eigenvalue weighted by molar-refractivity contribution is 5.98. The standard InChI is InChI=1S/C17H18N2O/c1-18-11-13-7-3-5-9-16(13)19-17(20)15-10-12-6-2-4-8-14(12)15/h2-9,15,18H,10-11H2,1H3,(H,19,20). The van der Waals surface area contributed by atoms with Crippen LogP contribution in [0.1, 0.15) is 22.6 Å². The molecule has 0 aromatic heterocycles. The van der Waals surface area contributed by atoms with Crippen molar-refractivity contribution in [1.82, 2.24) is 5.32 Å². The third-order valence-corrected chi connectivity index (χ3v) is 3.81. The van der Waals surface area contributed by atoms with Crippen molar-refractivity contribution in [3.8, 4) is 0 Å². The molecule has 0 fully saturated rings. The number of hydrogen-bond acceptors (Lipinski definition) is 2. The molecule has 1 aliphatic carbocycles. The van der Waals surface area contributed by atoms with Crippen LogP contribution in [0, 0.1) is 0 Å². The van der Waals surface area contributed by atoms with Crippen LogP contribution in [0.2, 0.25) is 0 Å². The van der Waals surface area contributed by atoms with E-state index in [0.29, 0.717) is 0 Å². The second-order valence-corrected chi connectivity index (χ2v) is 5.13. The molecule has 2 aromatic rings. The van der Waals surface area contributed by atoms with Gasteiger partial charge in [-0.1, -0.05) is 42.5 Å². The number of nitrogens with one attached hydrogen (secondary N) is 2. The van der Waals surface area contributed by atoms with E-state index in [-0.39, 0.29) is 11.8 Å². The summed E-state index contributed by atoms with van der Waals surface area (Å²) in [7, 11) is 1.90. The van der Waals surface area contributed by atoms with Gasteiger partial charge in [0.15, 0.2) is 0 Å². The maximum atomic E-state index is 12.4. The van der Waals surface area contributed by atoms with Crippen LogP contribution < -0.4 is 10.6 Å². The molecule has 1 atom stereocenters. The van der Waals surface area contributed by atoms with E-state index in [4.69, 9.17) is 0 Å². The Bertz CT molecular complexity index is 636. The van der Waals surface area contributed by atoms with E-state index in [9.17, 15) is 4.79 Å². The number of rotatable bonds is 4. The number of anilines is 1. The van der Waals surface area contributed by atoms with Gasteiger partial charge in [0.2, 0.25) is 5.91 Å². The van der Waals surface area contributed by atoms with Gasteiger partial charge in [-0.2, -0.15) is 0 Å². The summed E-state index contributed by atoms with van der Waals surface area (Å²) in [6.45, 7) is 0.748. The molecule has 3 heteroatoms. The van der Waals surface area contributed by atoms with Gasteiger partial charge >= 0.3 is 0 Å². The SMILES string of the molecule is CNCc1ccccc1NC(=O)C1Cc2ccccc21. The minimum atomic E-state index is -0.00570. The first-order valence-electron chi connectivity index (χ1n) is 6.91. The number of amides is 1. The van der Waals surface area contributed by atoms with Gasteiger partial charge < -0.3 is 10.6 Å². The van der Waals surface area contributed by atoms with Crippen LogP contribution in [-0.4, -0.2) is 13.0 Å². The fourth-order valence-electron chi connectivity index (χ4n) is 2.70. The summed E-state index contributed by atoms with van der Waals surface area (Å²) in [5, 5.41) is 6.18. The third-order valence-electron chi connectivity index (χ3n) is 3.81. The normalized spacial score (nSPS) is 16.1. The van der Waals surface area contributed by atoms with Gasteiger partial charge in [0.05, 0.1) is 5.92 Å². The van der Waals surface area contributed by atoms with E-state index in [1.165, 1.54) is 5.56 Å². The van der Waals surface area contributed by atoms with Crippen molar-refractivity contribution in [3.05, 3.63) is 65.2 Å². The van der Waals surface area contributed by atoms with E-state index >= 15 is 0 Å². The molecule has 3 rings (SSSR count). The Morgan fingerprint density at radius 3 is 2.70 bits per heavy atom. The zero-order valence-corrected chi connectivity index (χ0v) is 11.5. The molecule has 102 valence electrons. The van der Waals surface area contributed by atoms with Crippen molar-refractivity contribution in [2.24, 2.45) is 0 Å². The van der Waals surface area contributed by atoms with E-state index in [2.05, 4.69) is 16.7 Å². The second kappa shape index (κ2) is 5.47. The Kier molecular flexibility index (Phi) is 3.52. The maximum Gasteiger partial charge on any atom is 0.232 e. The number of benzene rings is 2. The highest BCUT2D eigenvalue weighted by Gasteiger charge is 2.31. The first-order valence-corrected chi connectivity index (χ1v) is 6.91. The number of para-hydroxylation sites is 1. The van der Waals surface area contributed by atoms with Gasteiger partial charge in [0, 0.05) is 12.2 Å². The van der Waals surface area contributed by atoms with Crippen molar-refractivity contribution in [2.75, 3.05) is 12.4 Å². The Balaban J connectivity index is 1.75. The van der Waals surface area contributed by atoms with E-state index in [1.807, 2.05) is 49.5 Å². The maximum absolute atomic E-state index is 12.4. The molecule has 0 aliphatic heterocycles. The first-order chi connectivity index (χ1) is 9.79. The van der Waals surface area contributed by atoms with Crippen LogP contribution >= 0.6 is 0 Å². The summed E-state index contributed by atoms with van der Waals surface area (Å²) < 4.78 is 0. The van der Waals surface area contributed by atoms with Crippen molar-refractivity contribution >= 4 is 11.6 Å². The van der Waals surface area contributed by atoms with Crippen molar-refractivity contribution in [3.63, 3.8) is 0 Å². The highest BCUT2D eigenvalue weighted by Crippen LogP contribution is 2.35. The lowest BCUT2D eigenvalue weighted by Gasteiger charge is -2.29. The van der Waals surface area contributed by atoms with E-state index < -0.39 is 0 Å². The fraction of sp³-hybridized carbons (Fsp3) is 0.235. The van der Waals surface area contributed by atoms with Crippen LogP contribution in [0.5, 0.6) is 0 Å². The van der Waals surface area contributed by atoms with Gasteiger partial charge in [0.25, 0.3) is 0 Å². The van der Waals surface area contributed by atoms with Gasteiger partial charge in [-0.15, -0.1) is 0 Å². The van der Waals surface area contributed by atoms with Crippen LogP contribution in [0.25, 0.3) is 0 Å². The first kappa shape index (κ1) is 12.9. The largest absolute Gasteiger partial charge is 0.325 e. The Hall–Kier alpha value is -2.13. The summed E-state index contributed by atoms with van der Waals surface area (Å²) in [6, 6.07) is 16.1. The average Bonchev–Trinajstić information content (AvgIpc) is 2.43. The molecule has 3 nitrogen and oxygen atoms in total. The van der Waals surface area contributed by atoms with Crippen LogP contribution in [0.4, 0.5) is 5.69 Å². The summed E-state index contributed by atoms with van der Waals surface area (Å²) in [6.07, 6.45) is 0.843. The minimum absolute atomic E-state index is 0.00570. The van der Waals surface area contributed by atoms with Crippen LogP contribution in [0.15, 0.2) is 48.5 Å². The zero-order valence-electron chi connectivity index (χ0n) is 11.5. The van der Waals surface area contributed by atoms with E-state index in [0.717, 1.165) is 29.8 Å². The van der Waals surface area contributed by atoms with Gasteiger partial charge in [-0.25, -0.2) is 0 Å². The molecule has 1 aliphatic rings. The molecule has 1 amide bonds. The molecule has 0 radical (unpaired) electrons. The van der Waals surface area contributed by atoms with Crippen molar-refractivity contribution < 1.29 is 4.79 Å². The Labute approximate surface area is 119 Å². The molecule has 0 spiro atoms. The number of carbonyl (C=O) groups excluding carboxylic acids is 1. The summed E-state index contributed by atoms with van der Waals surface area (Å²) >= 11 is 0. The topological polar surface area (TPSA) is 41.1 Å². The van der Waals surface area contributed by atoms with Gasteiger partial charge in [-0.05, 0) is 36.2 Å². The molecule has 2 N–H and O–H groups in total. The quantitative estimate of drug-likeness (QED) is 0.893. The monoisotopic (exact) mass is 266 g/mol. The van der Waals surface area contributed by atoms with Crippen molar-refractivity contribution in [2.45, 2.75) is 18.9 Å². The summed E-state index contributed by atoms with van der Waals surface area (Å²) in [4.78, 5) is 12.4. The molecule has 20 heavy (non-hydrogen) atoms. The minimum Gasteiger partial charge on any atom is -0.325 e. The lowest BCUT2D eigenvalue weighted by Crippen LogP contribution is -2.30. The molecule has 0 saturated carbocycles. The molecule has 0 bridgehead atoms. The smallest absolute Gasteiger partial charge is 0.232 e. The number of hydrogen-bond donors (Lipinski definition) is 2. The zero-order chi connectivity index (χ0) is 13.9. The van der Waals surface area contributed by atoms with Gasteiger partial charge in [-0.3, -0.25) is 4.79 Å². The van der Waals surface area contributed by atoms with Crippen molar-refractivity contribution in [1.29, 1.82) is 0 Å². The summed E-state index contributed by atoms with van der Waals surface area (Å²) in [5.74, 6) is 0.0843. The average molecular weight is 266 g/mol. The summed E-state index contributed by atoms with van der Waals surface area (Å²) in [5.41, 5.74) is 4.46. The third kappa shape index (κ3) is 2.32. The Morgan fingerprint density at radius 1 is 1.15 bits per heavy atom. The molecule has 0 heterocycles. The molecular formula is C17H18N2O. The Morgan fingerprint density at radius 2 is 1.90 bits per heavy atom. The lowest BCUT2D eigenvalue weighted by molar-refractivity contribution is -0.118. The predicted octanol–water partition coefficient (Wildman–Crippen LogP) is 2.68. The van der Waals surface area contributed by atoms with Crippen LogP contribution in [0.3, 0.4) is 0 Å². The van der Waals surface area contributed by atoms with Gasteiger partial charge in [0.1, 0.15) is 0 Å². The second-order valence-electron chi connectivity index (χ2n) is 5.13. The molecule has 1 unspecified atom stereocenters. The van der Waals surface area contributed by atoms with Crippen LogP contribution in [-0.2, 0) is 17.8 Å². The molecule has 0 saturated heterocycles. The number of carbonyl (C=O) groups is 1. The predicted molar refractivity (Wildman–Crippen MR) is 80.7 cm³/mol. The fourth-order valence-corrected chi connectivity index (χ4v) is 2.70.